The van der Waals surface area contributed by atoms with Crippen molar-refractivity contribution in [2.24, 2.45) is 0 Å². The van der Waals surface area contributed by atoms with E-state index in [9.17, 15) is 13.2 Å². The van der Waals surface area contributed by atoms with E-state index in [1.807, 2.05) is 6.92 Å². The number of carbonyl (C=O) groups is 1. The molecular weight excluding hydrogens is 407 g/mol. The van der Waals surface area contributed by atoms with Gasteiger partial charge in [-0.2, -0.15) is 0 Å². The maximum atomic E-state index is 12.7. The van der Waals surface area contributed by atoms with Gasteiger partial charge < -0.3 is 10.6 Å². The molecule has 1 atom stereocenters. The summed E-state index contributed by atoms with van der Waals surface area (Å²) in [6, 6.07) is 5.24. The third-order valence-corrected chi connectivity index (χ3v) is 7.27. The normalized spacial score (nSPS) is 18.1. The molecule has 0 bridgehead atoms. The topological polar surface area (TPSA) is 75.3 Å². The molecular formula is C16H23Cl3N2O3S. The van der Waals surface area contributed by atoms with E-state index in [4.69, 9.17) is 23.2 Å². The first-order valence-corrected chi connectivity index (χ1v) is 10.5. The smallest absolute Gasteiger partial charge is 0.241 e. The number of piperidine rings is 1. The van der Waals surface area contributed by atoms with Gasteiger partial charge in [0, 0.05) is 28.8 Å². The summed E-state index contributed by atoms with van der Waals surface area (Å²) < 4.78 is 23.1. The summed E-state index contributed by atoms with van der Waals surface area (Å²) in [6.07, 6.45) is 1.68. The highest BCUT2D eigenvalue weighted by atomic mass is 35.5. The van der Waals surface area contributed by atoms with Gasteiger partial charge in [0.15, 0.2) is 14.6 Å². The quantitative estimate of drug-likeness (QED) is 0.754. The summed E-state index contributed by atoms with van der Waals surface area (Å²) >= 11 is 12.4. The Labute approximate surface area is 165 Å². The highest BCUT2D eigenvalue weighted by Gasteiger charge is 2.48. The van der Waals surface area contributed by atoms with Crippen LogP contribution in [0.1, 0.15) is 31.2 Å². The van der Waals surface area contributed by atoms with Crippen LogP contribution in [0, 0.1) is 0 Å². The van der Waals surface area contributed by atoms with E-state index in [0.717, 1.165) is 11.8 Å². The summed E-state index contributed by atoms with van der Waals surface area (Å²) in [5, 5.41) is 6.94. The molecule has 142 valence electrons. The lowest BCUT2D eigenvalue weighted by Gasteiger charge is -2.34. The Hall–Kier alpha value is -0.530. The second-order valence-corrected chi connectivity index (χ2v) is 9.40. The third-order valence-electron chi connectivity index (χ3n) is 4.60. The molecule has 0 spiro atoms. The Morgan fingerprint density at radius 1 is 1.28 bits per heavy atom. The van der Waals surface area contributed by atoms with Gasteiger partial charge in [-0.25, -0.2) is 8.42 Å². The van der Waals surface area contributed by atoms with Gasteiger partial charge >= 0.3 is 0 Å². The van der Waals surface area contributed by atoms with Crippen molar-refractivity contribution in [3.63, 3.8) is 0 Å². The van der Waals surface area contributed by atoms with Gasteiger partial charge in [-0.1, -0.05) is 36.2 Å². The van der Waals surface area contributed by atoms with Crippen molar-refractivity contribution in [3.05, 3.63) is 33.8 Å². The maximum absolute atomic E-state index is 12.7. The molecule has 2 N–H and O–H groups in total. The summed E-state index contributed by atoms with van der Waals surface area (Å²) in [4.78, 5) is 12.7. The first kappa shape index (κ1) is 22.5. The number of sulfone groups is 1. The molecule has 1 unspecified atom stereocenters. The number of benzene rings is 1. The van der Waals surface area contributed by atoms with E-state index in [1.165, 1.54) is 0 Å². The van der Waals surface area contributed by atoms with Crippen LogP contribution in [0.15, 0.2) is 18.2 Å². The molecule has 5 nitrogen and oxygen atoms in total. The number of hydrogen-bond acceptors (Lipinski definition) is 4. The molecule has 9 heteroatoms. The average molecular weight is 430 g/mol. The number of nitrogens with one attached hydrogen (secondary N) is 2. The lowest BCUT2D eigenvalue weighted by molar-refractivity contribution is -0.124. The summed E-state index contributed by atoms with van der Waals surface area (Å²) in [6.45, 7) is 3.18. The Morgan fingerprint density at radius 3 is 2.28 bits per heavy atom. The molecule has 1 aliphatic heterocycles. The minimum Gasteiger partial charge on any atom is -0.354 e. The SMILES string of the molecule is CC(CNC(=O)C1(S(C)(=O)=O)CCNCC1)c1c(Cl)cccc1Cl.Cl. The molecule has 1 fully saturated rings. The molecule has 0 radical (unpaired) electrons. The van der Waals surface area contributed by atoms with E-state index in [0.29, 0.717) is 23.1 Å². The zero-order valence-corrected chi connectivity index (χ0v) is 17.3. The Kier molecular flexibility index (Phi) is 8.02. The first-order valence-electron chi connectivity index (χ1n) is 7.81. The molecule has 1 aliphatic rings. The molecule has 1 aromatic carbocycles. The van der Waals surface area contributed by atoms with Crippen molar-refractivity contribution in [1.29, 1.82) is 0 Å². The van der Waals surface area contributed by atoms with E-state index in [-0.39, 0.29) is 37.7 Å². The lowest BCUT2D eigenvalue weighted by Crippen LogP contribution is -2.57. The fraction of sp³-hybridized carbons (Fsp3) is 0.562. The zero-order chi connectivity index (χ0) is 18.0. The fourth-order valence-corrected chi connectivity index (χ4v) is 5.21. The summed E-state index contributed by atoms with van der Waals surface area (Å²) in [5.74, 6) is -0.574. The Morgan fingerprint density at radius 2 is 1.80 bits per heavy atom. The Balaban J connectivity index is 0.00000312. The van der Waals surface area contributed by atoms with E-state index in [2.05, 4.69) is 10.6 Å². The number of carbonyl (C=O) groups excluding carboxylic acids is 1. The molecule has 0 saturated carbocycles. The third kappa shape index (κ3) is 4.80. The molecule has 1 aromatic rings. The molecule has 1 saturated heterocycles. The van der Waals surface area contributed by atoms with Crippen molar-refractivity contribution in [2.75, 3.05) is 25.9 Å². The zero-order valence-electron chi connectivity index (χ0n) is 14.1. The largest absolute Gasteiger partial charge is 0.354 e. The van der Waals surface area contributed by atoms with Crippen LogP contribution in [0.5, 0.6) is 0 Å². The van der Waals surface area contributed by atoms with Gasteiger partial charge in [-0.15, -0.1) is 12.4 Å². The van der Waals surface area contributed by atoms with Gasteiger partial charge in [0.1, 0.15) is 0 Å². The standard InChI is InChI=1S/C16H22Cl2N2O3S.ClH/c1-11(14-12(17)4-3-5-13(14)18)10-20-15(21)16(24(2,22)23)6-8-19-9-7-16;/h3-5,11,19H,6-10H2,1-2H3,(H,20,21);1H. The van der Waals surface area contributed by atoms with Crippen LogP contribution in [0.2, 0.25) is 10.0 Å². The van der Waals surface area contributed by atoms with Gasteiger partial charge in [0.2, 0.25) is 5.91 Å². The highest BCUT2D eigenvalue weighted by Crippen LogP contribution is 2.32. The van der Waals surface area contributed by atoms with Crippen LogP contribution in [0.4, 0.5) is 0 Å². The lowest BCUT2D eigenvalue weighted by atomic mass is 9.95. The van der Waals surface area contributed by atoms with Crippen LogP contribution < -0.4 is 10.6 Å². The van der Waals surface area contributed by atoms with E-state index in [1.54, 1.807) is 18.2 Å². The van der Waals surface area contributed by atoms with E-state index >= 15 is 0 Å². The Bertz CT molecular complexity index is 699. The summed E-state index contributed by atoms with van der Waals surface area (Å²) in [5.41, 5.74) is 0.750. The van der Waals surface area contributed by atoms with Crippen molar-refractivity contribution < 1.29 is 13.2 Å². The molecule has 0 aromatic heterocycles. The predicted molar refractivity (Wildman–Crippen MR) is 105 cm³/mol. The van der Waals surface area contributed by atoms with E-state index < -0.39 is 20.5 Å². The number of rotatable bonds is 5. The van der Waals surface area contributed by atoms with Crippen molar-refractivity contribution in [2.45, 2.75) is 30.4 Å². The van der Waals surface area contributed by atoms with Crippen molar-refractivity contribution in [3.8, 4) is 0 Å². The number of halogens is 3. The second kappa shape index (κ2) is 8.91. The first-order chi connectivity index (χ1) is 11.2. The van der Waals surface area contributed by atoms with Crippen LogP contribution in [0.25, 0.3) is 0 Å². The molecule has 1 heterocycles. The van der Waals surface area contributed by atoms with Gasteiger partial charge in [-0.05, 0) is 43.6 Å². The highest BCUT2D eigenvalue weighted by molar-refractivity contribution is 7.92. The molecule has 1 amide bonds. The number of hydrogen-bond donors (Lipinski definition) is 2. The number of amides is 1. The van der Waals surface area contributed by atoms with Crippen LogP contribution in [-0.4, -0.2) is 45.0 Å². The molecule has 0 aliphatic carbocycles. The average Bonchev–Trinajstić information content (AvgIpc) is 2.52. The van der Waals surface area contributed by atoms with Gasteiger partial charge in [0.25, 0.3) is 0 Å². The second-order valence-electron chi connectivity index (χ2n) is 6.26. The van der Waals surface area contributed by atoms with Gasteiger partial charge in [-0.3, -0.25) is 4.79 Å². The van der Waals surface area contributed by atoms with Crippen molar-refractivity contribution in [1.82, 2.24) is 10.6 Å². The monoisotopic (exact) mass is 428 g/mol. The molecule has 25 heavy (non-hydrogen) atoms. The van der Waals surface area contributed by atoms with Crippen LogP contribution in [0.3, 0.4) is 0 Å². The fourth-order valence-electron chi connectivity index (χ4n) is 3.09. The van der Waals surface area contributed by atoms with Crippen molar-refractivity contribution >= 4 is 51.4 Å². The summed E-state index contributed by atoms with van der Waals surface area (Å²) in [7, 11) is -3.52. The maximum Gasteiger partial charge on any atom is 0.241 e. The molecule has 2 rings (SSSR count). The minimum absolute atomic E-state index is 0. The van der Waals surface area contributed by atoms with Gasteiger partial charge in [0.05, 0.1) is 0 Å². The minimum atomic E-state index is -3.52. The predicted octanol–water partition coefficient (Wildman–Crippen LogP) is 2.80. The van der Waals surface area contributed by atoms with Crippen LogP contribution in [-0.2, 0) is 14.6 Å². The van der Waals surface area contributed by atoms with Crippen LogP contribution >= 0.6 is 35.6 Å².